The van der Waals surface area contributed by atoms with Crippen molar-refractivity contribution in [3.8, 4) is 0 Å². The minimum absolute atomic E-state index is 0.0294. The van der Waals surface area contributed by atoms with Crippen molar-refractivity contribution in [2.24, 2.45) is 5.73 Å². The number of hydrogen-bond acceptors (Lipinski definition) is 5. The first kappa shape index (κ1) is 15.1. The molecule has 0 saturated carbocycles. The number of ether oxygens (including phenoxy) is 1. The van der Waals surface area contributed by atoms with Crippen LogP contribution < -0.4 is 11.1 Å². The van der Waals surface area contributed by atoms with Crippen molar-refractivity contribution >= 4 is 23.8 Å². The van der Waals surface area contributed by atoms with Crippen molar-refractivity contribution in [2.75, 3.05) is 32.2 Å². The molecule has 18 heavy (non-hydrogen) atoms. The van der Waals surface area contributed by atoms with Gasteiger partial charge in [-0.15, -0.1) is 0 Å². The molecule has 0 aromatic heterocycles. The molecule has 0 radical (unpaired) electrons. The molecule has 7 heteroatoms. The van der Waals surface area contributed by atoms with E-state index < -0.39 is 12.1 Å². The minimum atomic E-state index is -0.457. The zero-order valence-electron chi connectivity index (χ0n) is 10.8. The molecule has 0 aliphatic carbocycles. The molecular weight excluding hydrogens is 254 g/mol. The molecule has 1 aliphatic heterocycles. The third-order valence-electron chi connectivity index (χ3n) is 2.96. The van der Waals surface area contributed by atoms with Gasteiger partial charge in [0.15, 0.2) is 0 Å². The highest BCUT2D eigenvalue weighted by atomic mass is 32.2. The highest BCUT2D eigenvalue weighted by Crippen LogP contribution is 2.12. The van der Waals surface area contributed by atoms with Crippen molar-refractivity contribution in [1.82, 2.24) is 10.2 Å². The number of likely N-dealkylation sites (tertiary alicyclic amines) is 1. The molecule has 1 fully saturated rings. The van der Waals surface area contributed by atoms with Crippen LogP contribution in [0.5, 0.6) is 0 Å². The Balaban J connectivity index is 2.36. The van der Waals surface area contributed by atoms with Gasteiger partial charge < -0.3 is 20.7 Å². The van der Waals surface area contributed by atoms with Gasteiger partial charge in [0, 0.05) is 13.1 Å². The van der Waals surface area contributed by atoms with Gasteiger partial charge in [-0.2, -0.15) is 11.8 Å². The smallest absolute Gasteiger partial charge is 0.407 e. The zero-order chi connectivity index (χ0) is 13.5. The normalized spacial score (nSPS) is 20.6. The Morgan fingerprint density at radius 1 is 1.61 bits per heavy atom. The Bertz CT molecular complexity index is 301. The molecule has 1 rings (SSSR count). The second-order valence-electron chi connectivity index (χ2n) is 4.29. The molecular formula is C11H21N3O3S. The summed E-state index contributed by atoms with van der Waals surface area (Å²) in [6.07, 6.45) is 2.96. The maximum atomic E-state index is 12.0. The van der Waals surface area contributed by atoms with Crippen LogP contribution in [0.15, 0.2) is 0 Å². The average molecular weight is 275 g/mol. The number of alkyl carbamates (subject to hydrolysis) is 1. The van der Waals surface area contributed by atoms with Crippen LogP contribution in [-0.2, 0) is 9.53 Å². The van der Waals surface area contributed by atoms with E-state index >= 15 is 0 Å². The van der Waals surface area contributed by atoms with E-state index in [4.69, 9.17) is 5.73 Å². The van der Waals surface area contributed by atoms with Crippen LogP contribution in [0.3, 0.4) is 0 Å². The molecule has 2 amide bonds. The summed E-state index contributed by atoms with van der Waals surface area (Å²) >= 11 is 1.68. The van der Waals surface area contributed by atoms with Crippen LogP contribution in [0.4, 0.5) is 4.79 Å². The summed E-state index contributed by atoms with van der Waals surface area (Å²) < 4.78 is 4.53. The van der Waals surface area contributed by atoms with E-state index in [1.807, 2.05) is 6.26 Å². The number of carbonyl (C=O) groups excluding carboxylic acids is 2. The standard InChI is InChI=1S/C11H21N3O3S/c1-17-11(16)13-8-3-5-14(7-8)10(15)9(12)4-6-18-2/h8-9H,3-7,12H2,1-2H3,(H,13,16)/t8?,9-/m0/s1. The maximum absolute atomic E-state index is 12.0. The van der Waals surface area contributed by atoms with Crippen LogP contribution in [0, 0.1) is 0 Å². The first-order valence-electron chi connectivity index (χ1n) is 5.96. The van der Waals surface area contributed by atoms with Crippen molar-refractivity contribution in [2.45, 2.75) is 24.9 Å². The van der Waals surface area contributed by atoms with E-state index in [0.717, 1.165) is 12.2 Å². The van der Waals surface area contributed by atoms with E-state index in [1.54, 1.807) is 16.7 Å². The topological polar surface area (TPSA) is 84.7 Å². The molecule has 0 bridgehead atoms. The number of carbonyl (C=O) groups is 2. The molecule has 1 heterocycles. The Kier molecular flexibility index (Phi) is 6.28. The molecule has 0 aromatic carbocycles. The van der Waals surface area contributed by atoms with E-state index in [0.29, 0.717) is 19.5 Å². The molecule has 3 N–H and O–H groups in total. The highest BCUT2D eigenvalue weighted by molar-refractivity contribution is 7.98. The molecule has 1 unspecified atom stereocenters. The van der Waals surface area contributed by atoms with Crippen LogP contribution >= 0.6 is 11.8 Å². The third-order valence-corrected chi connectivity index (χ3v) is 3.60. The zero-order valence-corrected chi connectivity index (χ0v) is 11.7. The van der Waals surface area contributed by atoms with Crippen molar-refractivity contribution in [3.05, 3.63) is 0 Å². The van der Waals surface area contributed by atoms with Gasteiger partial charge >= 0.3 is 6.09 Å². The fraction of sp³-hybridized carbons (Fsp3) is 0.818. The van der Waals surface area contributed by atoms with Crippen LogP contribution in [0.1, 0.15) is 12.8 Å². The van der Waals surface area contributed by atoms with E-state index in [9.17, 15) is 9.59 Å². The number of thioether (sulfide) groups is 1. The van der Waals surface area contributed by atoms with E-state index in [2.05, 4.69) is 10.1 Å². The SMILES string of the molecule is COC(=O)NC1CCN(C(=O)[C@@H](N)CCSC)C1. The summed E-state index contributed by atoms with van der Waals surface area (Å²) in [5, 5.41) is 2.70. The lowest BCUT2D eigenvalue weighted by Crippen LogP contribution is -2.45. The number of nitrogens with two attached hydrogens (primary N) is 1. The van der Waals surface area contributed by atoms with Gasteiger partial charge in [0.25, 0.3) is 0 Å². The largest absolute Gasteiger partial charge is 0.453 e. The lowest BCUT2D eigenvalue weighted by Gasteiger charge is -2.20. The van der Waals surface area contributed by atoms with Crippen LogP contribution in [-0.4, -0.2) is 61.2 Å². The molecule has 2 atom stereocenters. The Morgan fingerprint density at radius 2 is 2.33 bits per heavy atom. The first-order chi connectivity index (χ1) is 8.58. The van der Waals surface area contributed by atoms with Gasteiger partial charge in [0.2, 0.25) is 5.91 Å². The number of methoxy groups -OCH3 is 1. The van der Waals surface area contributed by atoms with E-state index in [1.165, 1.54) is 7.11 Å². The van der Waals surface area contributed by atoms with E-state index in [-0.39, 0.29) is 11.9 Å². The summed E-state index contributed by atoms with van der Waals surface area (Å²) in [6, 6.07) is -0.469. The number of rotatable bonds is 5. The average Bonchev–Trinajstić information content (AvgIpc) is 2.83. The lowest BCUT2D eigenvalue weighted by molar-refractivity contribution is -0.131. The number of hydrogen-bond donors (Lipinski definition) is 2. The number of nitrogens with one attached hydrogen (secondary N) is 1. The fourth-order valence-electron chi connectivity index (χ4n) is 1.91. The van der Waals surface area contributed by atoms with Crippen molar-refractivity contribution in [1.29, 1.82) is 0 Å². The summed E-state index contributed by atoms with van der Waals surface area (Å²) in [5.74, 6) is 0.850. The summed E-state index contributed by atoms with van der Waals surface area (Å²) in [6.45, 7) is 1.15. The van der Waals surface area contributed by atoms with Gasteiger partial charge in [-0.3, -0.25) is 4.79 Å². The monoisotopic (exact) mass is 275 g/mol. The van der Waals surface area contributed by atoms with Gasteiger partial charge in [0.1, 0.15) is 0 Å². The lowest BCUT2D eigenvalue weighted by atomic mass is 10.2. The Labute approximate surface area is 112 Å². The first-order valence-corrected chi connectivity index (χ1v) is 7.35. The van der Waals surface area contributed by atoms with Gasteiger partial charge in [-0.05, 0) is 24.9 Å². The molecule has 0 aromatic rings. The van der Waals surface area contributed by atoms with Crippen molar-refractivity contribution in [3.63, 3.8) is 0 Å². The molecule has 6 nitrogen and oxygen atoms in total. The molecule has 0 spiro atoms. The predicted molar refractivity (Wildman–Crippen MR) is 71.5 cm³/mol. The number of amides is 2. The predicted octanol–water partition coefficient (Wildman–Crippen LogP) is 0.0237. The quantitative estimate of drug-likeness (QED) is 0.739. The third kappa shape index (κ3) is 4.38. The summed E-state index contributed by atoms with van der Waals surface area (Å²) in [4.78, 5) is 24.8. The second-order valence-corrected chi connectivity index (χ2v) is 5.28. The maximum Gasteiger partial charge on any atom is 0.407 e. The van der Waals surface area contributed by atoms with Gasteiger partial charge in [-0.25, -0.2) is 4.79 Å². The molecule has 1 aliphatic rings. The molecule has 104 valence electrons. The van der Waals surface area contributed by atoms with Gasteiger partial charge in [-0.1, -0.05) is 0 Å². The van der Waals surface area contributed by atoms with Crippen molar-refractivity contribution < 1.29 is 14.3 Å². The minimum Gasteiger partial charge on any atom is -0.453 e. The summed E-state index contributed by atoms with van der Waals surface area (Å²) in [5.41, 5.74) is 5.84. The Morgan fingerprint density at radius 3 is 2.94 bits per heavy atom. The van der Waals surface area contributed by atoms with Crippen LogP contribution in [0.25, 0.3) is 0 Å². The van der Waals surface area contributed by atoms with Crippen LogP contribution in [0.2, 0.25) is 0 Å². The second kappa shape index (κ2) is 7.48. The molecule has 1 saturated heterocycles. The highest BCUT2D eigenvalue weighted by Gasteiger charge is 2.29. The number of nitrogens with zero attached hydrogens (tertiary/aromatic N) is 1. The van der Waals surface area contributed by atoms with Gasteiger partial charge in [0.05, 0.1) is 19.2 Å². The fourth-order valence-corrected chi connectivity index (χ4v) is 2.40. The Hall–Kier alpha value is -0.950. The summed E-state index contributed by atoms with van der Waals surface area (Å²) in [7, 11) is 1.32.